The van der Waals surface area contributed by atoms with Crippen molar-refractivity contribution in [2.45, 2.75) is 18.9 Å². The average molecular weight is 412 g/mol. The number of halogens is 3. The number of hydrogen-bond acceptors (Lipinski definition) is 3. The zero-order chi connectivity index (χ0) is 18.7. The number of likely N-dealkylation sites (tertiary alicyclic amines) is 1. The van der Waals surface area contributed by atoms with Crippen LogP contribution in [0, 0.1) is 11.7 Å². The standard InChI is InChI=1S/C20H23ClFN3O.ClH/c1-13(20(26)24-19-8-7-16(22)9-18(19)21)25-11-15(10-23)17(12-25)14-5-3-2-4-6-14;/h2-9,13,15,17H,10-12,23H2,1H3,(H,24,26);1H/t13?,15-,17+;/m1./s1. The topological polar surface area (TPSA) is 58.4 Å². The number of amides is 1. The molecular weight excluding hydrogens is 388 g/mol. The van der Waals surface area contributed by atoms with Gasteiger partial charge in [0.1, 0.15) is 5.82 Å². The van der Waals surface area contributed by atoms with E-state index in [0.29, 0.717) is 24.1 Å². The Kier molecular flexibility index (Phi) is 7.62. The third-order valence-electron chi connectivity index (χ3n) is 5.12. The van der Waals surface area contributed by atoms with Gasteiger partial charge in [0.15, 0.2) is 0 Å². The second-order valence-electron chi connectivity index (χ2n) is 6.76. The molecule has 1 unspecified atom stereocenters. The Morgan fingerprint density at radius 3 is 2.63 bits per heavy atom. The van der Waals surface area contributed by atoms with Gasteiger partial charge in [0.25, 0.3) is 0 Å². The number of carbonyl (C=O) groups is 1. The Bertz CT molecular complexity index is 775. The van der Waals surface area contributed by atoms with Gasteiger partial charge in [-0.25, -0.2) is 4.39 Å². The maximum atomic E-state index is 13.2. The fourth-order valence-electron chi connectivity index (χ4n) is 3.53. The molecule has 4 nitrogen and oxygen atoms in total. The van der Waals surface area contributed by atoms with Crippen molar-refractivity contribution in [3.05, 3.63) is 64.9 Å². The number of nitrogens with zero attached hydrogens (tertiary/aromatic N) is 1. The molecule has 1 aliphatic rings. The number of nitrogens with one attached hydrogen (secondary N) is 1. The van der Waals surface area contributed by atoms with Crippen LogP contribution in [0.25, 0.3) is 0 Å². The molecule has 0 aromatic heterocycles. The van der Waals surface area contributed by atoms with Crippen molar-refractivity contribution in [2.75, 3.05) is 25.0 Å². The van der Waals surface area contributed by atoms with Crippen LogP contribution in [-0.4, -0.2) is 36.5 Å². The molecule has 146 valence electrons. The van der Waals surface area contributed by atoms with Crippen LogP contribution < -0.4 is 11.1 Å². The second kappa shape index (κ2) is 9.51. The molecule has 3 atom stereocenters. The highest BCUT2D eigenvalue weighted by atomic mass is 35.5. The maximum absolute atomic E-state index is 13.2. The van der Waals surface area contributed by atoms with Crippen LogP contribution in [0.4, 0.5) is 10.1 Å². The number of carbonyl (C=O) groups excluding carboxylic acids is 1. The zero-order valence-corrected chi connectivity index (χ0v) is 16.6. The van der Waals surface area contributed by atoms with Crippen LogP contribution in [0.15, 0.2) is 48.5 Å². The van der Waals surface area contributed by atoms with Gasteiger partial charge in [-0.05, 0) is 43.1 Å². The highest BCUT2D eigenvalue weighted by Crippen LogP contribution is 2.33. The van der Waals surface area contributed by atoms with Crippen LogP contribution >= 0.6 is 24.0 Å². The third-order valence-corrected chi connectivity index (χ3v) is 5.43. The van der Waals surface area contributed by atoms with Crippen molar-refractivity contribution in [3.63, 3.8) is 0 Å². The molecule has 2 aromatic carbocycles. The zero-order valence-electron chi connectivity index (χ0n) is 15.1. The van der Waals surface area contributed by atoms with Crippen molar-refractivity contribution in [1.82, 2.24) is 4.90 Å². The molecule has 1 saturated heterocycles. The summed E-state index contributed by atoms with van der Waals surface area (Å²) in [7, 11) is 0. The Balaban J connectivity index is 0.00000261. The summed E-state index contributed by atoms with van der Waals surface area (Å²) in [6.45, 7) is 3.99. The molecule has 0 spiro atoms. The molecule has 1 amide bonds. The minimum atomic E-state index is -0.433. The molecule has 1 fully saturated rings. The first-order valence-corrected chi connectivity index (χ1v) is 9.12. The van der Waals surface area contributed by atoms with Gasteiger partial charge in [0.2, 0.25) is 5.91 Å². The largest absolute Gasteiger partial charge is 0.330 e. The number of rotatable bonds is 5. The van der Waals surface area contributed by atoms with E-state index in [0.717, 1.165) is 13.1 Å². The molecule has 1 heterocycles. The summed E-state index contributed by atoms with van der Waals surface area (Å²) in [6, 6.07) is 13.9. The van der Waals surface area contributed by atoms with E-state index in [2.05, 4.69) is 22.3 Å². The van der Waals surface area contributed by atoms with Gasteiger partial charge in [0.05, 0.1) is 16.8 Å². The van der Waals surface area contributed by atoms with Crippen LogP contribution in [0.3, 0.4) is 0 Å². The number of benzene rings is 2. The minimum absolute atomic E-state index is 0. The second-order valence-corrected chi connectivity index (χ2v) is 7.16. The van der Waals surface area contributed by atoms with Crippen LogP contribution in [0.1, 0.15) is 18.4 Å². The molecule has 27 heavy (non-hydrogen) atoms. The van der Waals surface area contributed by atoms with Crippen molar-refractivity contribution in [1.29, 1.82) is 0 Å². The summed E-state index contributed by atoms with van der Waals surface area (Å²) < 4.78 is 13.2. The van der Waals surface area contributed by atoms with Crippen LogP contribution in [-0.2, 0) is 4.79 Å². The fourth-order valence-corrected chi connectivity index (χ4v) is 3.75. The van der Waals surface area contributed by atoms with Gasteiger partial charge >= 0.3 is 0 Å². The molecule has 1 aliphatic heterocycles. The predicted octanol–water partition coefficient (Wildman–Crippen LogP) is 3.90. The lowest BCUT2D eigenvalue weighted by Crippen LogP contribution is -2.41. The van der Waals surface area contributed by atoms with Gasteiger partial charge in [-0.2, -0.15) is 0 Å². The monoisotopic (exact) mass is 411 g/mol. The van der Waals surface area contributed by atoms with Gasteiger partial charge in [0, 0.05) is 19.0 Å². The van der Waals surface area contributed by atoms with E-state index in [9.17, 15) is 9.18 Å². The number of hydrogen-bond donors (Lipinski definition) is 2. The summed E-state index contributed by atoms with van der Waals surface area (Å²) >= 11 is 6.00. The van der Waals surface area contributed by atoms with Crippen molar-refractivity contribution in [3.8, 4) is 0 Å². The summed E-state index contributed by atoms with van der Waals surface area (Å²) in [6.07, 6.45) is 0. The fraction of sp³-hybridized carbons (Fsp3) is 0.350. The average Bonchev–Trinajstić information content (AvgIpc) is 3.08. The minimum Gasteiger partial charge on any atom is -0.330 e. The molecule has 0 saturated carbocycles. The maximum Gasteiger partial charge on any atom is 0.241 e. The molecule has 3 N–H and O–H groups in total. The quantitative estimate of drug-likeness (QED) is 0.783. The summed E-state index contributed by atoms with van der Waals surface area (Å²) in [5.41, 5.74) is 7.64. The lowest BCUT2D eigenvalue weighted by molar-refractivity contribution is -0.120. The van der Waals surface area contributed by atoms with E-state index in [4.69, 9.17) is 17.3 Å². The van der Waals surface area contributed by atoms with Gasteiger partial charge in [-0.3, -0.25) is 9.69 Å². The lowest BCUT2D eigenvalue weighted by atomic mass is 9.89. The van der Waals surface area contributed by atoms with E-state index in [1.807, 2.05) is 25.1 Å². The van der Waals surface area contributed by atoms with Gasteiger partial charge in [-0.15, -0.1) is 12.4 Å². The van der Waals surface area contributed by atoms with Crippen LogP contribution in [0.5, 0.6) is 0 Å². The lowest BCUT2D eigenvalue weighted by Gasteiger charge is -2.24. The first kappa shape index (κ1) is 21.6. The Hall–Kier alpha value is -1.66. The van der Waals surface area contributed by atoms with E-state index >= 15 is 0 Å². The summed E-state index contributed by atoms with van der Waals surface area (Å²) in [5, 5.41) is 2.98. The molecule has 7 heteroatoms. The highest BCUT2D eigenvalue weighted by Gasteiger charge is 2.36. The SMILES string of the molecule is CC(C(=O)Nc1ccc(F)cc1Cl)N1C[C@@H](CN)[C@H](c2ccccc2)C1.Cl. The molecular formula is C20H24Cl2FN3O. The Labute approximate surface area is 170 Å². The molecule has 0 bridgehead atoms. The number of anilines is 1. The summed E-state index contributed by atoms with van der Waals surface area (Å²) in [4.78, 5) is 14.8. The van der Waals surface area contributed by atoms with Crippen molar-refractivity contribution >= 4 is 35.6 Å². The third kappa shape index (κ3) is 4.99. The molecule has 2 aromatic rings. The molecule has 0 aliphatic carbocycles. The first-order chi connectivity index (χ1) is 12.5. The number of nitrogens with two attached hydrogens (primary N) is 1. The summed E-state index contributed by atoms with van der Waals surface area (Å²) in [5.74, 6) is 0.0213. The first-order valence-electron chi connectivity index (χ1n) is 8.74. The van der Waals surface area contributed by atoms with Crippen molar-refractivity contribution < 1.29 is 9.18 Å². The smallest absolute Gasteiger partial charge is 0.241 e. The molecule has 0 radical (unpaired) electrons. The van der Waals surface area contributed by atoms with Gasteiger partial charge in [-0.1, -0.05) is 41.9 Å². The van der Waals surface area contributed by atoms with E-state index in [1.165, 1.54) is 23.8 Å². The Morgan fingerprint density at radius 2 is 2.00 bits per heavy atom. The predicted molar refractivity (Wildman–Crippen MR) is 110 cm³/mol. The normalized spacial score (nSPS) is 20.7. The van der Waals surface area contributed by atoms with E-state index in [1.54, 1.807) is 0 Å². The Morgan fingerprint density at radius 1 is 1.30 bits per heavy atom. The highest BCUT2D eigenvalue weighted by molar-refractivity contribution is 6.33. The van der Waals surface area contributed by atoms with E-state index < -0.39 is 5.82 Å². The molecule has 3 rings (SSSR count). The van der Waals surface area contributed by atoms with Crippen LogP contribution in [0.2, 0.25) is 5.02 Å². The van der Waals surface area contributed by atoms with Gasteiger partial charge < -0.3 is 11.1 Å². The van der Waals surface area contributed by atoms with E-state index in [-0.39, 0.29) is 29.4 Å². The van der Waals surface area contributed by atoms with Crippen molar-refractivity contribution in [2.24, 2.45) is 11.7 Å².